The van der Waals surface area contributed by atoms with Gasteiger partial charge in [0.15, 0.2) is 5.76 Å². The Labute approximate surface area is 199 Å². The molecule has 172 valence electrons. The average Bonchev–Trinajstić information content (AvgIpc) is 3.32. The molecule has 9 heteroatoms. The molecule has 0 radical (unpaired) electrons. The van der Waals surface area contributed by atoms with E-state index < -0.39 is 5.82 Å². The molecule has 0 aliphatic carbocycles. The third-order valence-electron chi connectivity index (χ3n) is 4.90. The number of nitrogens with one attached hydrogen (secondary N) is 1. The smallest absolute Gasteiger partial charge is 0.306 e. The number of esters is 1. The molecule has 0 fully saturated rings. The van der Waals surface area contributed by atoms with Gasteiger partial charge in [0.25, 0.3) is 0 Å². The van der Waals surface area contributed by atoms with Crippen molar-refractivity contribution in [1.29, 1.82) is 0 Å². The second-order valence-electron chi connectivity index (χ2n) is 7.09. The maximum atomic E-state index is 13.5. The van der Waals surface area contributed by atoms with Crippen molar-refractivity contribution in [3.05, 3.63) is 65.4 Å². The van der Waals surface area contributed by atoms with Crippen LogP contribution in [0.3, 0.4) is 0 Å². The number of carbonyl (C=O) groups is 1. The summed E-state index contributed by atoms with van der Waals surface area (Å²) in [5.41, 5.74) is 1.89. The van der Waals surface area contributed by atoms with E-state index in [-0.39, 0.29) is 17.4 Å². The van der Waals surface area contributed by atoms with Gasteiger partial charge >= 0.3 is 5.97 Å². The highest BCUT2D eigenvalue weighted by Gasteiger charge is 2.15. The predicted octanol–water partition coefficient (Wildman–Crippen LogP) is 5.74. The van der Waals surface area contributed by atoms with Crippen LogP contribution < -0.4 is 10.1 Å². The Bertz CT molecular complexity index is 1420. The highest BCUT2D eigenvalue weighted by molar-refractivity contribution is 6.31. The van der Waals surface area contributed by atoms with Crippen LogP contribution >= 0.6 is 11.6 Å². The number of aromatic nitrogens is 2. The summed E-state index contributed by atoms with van der Waals surface area (Å²) in [7, 11) is 2.90. The Morgan fingerprint density at radius 2 is 2.03 bits per heavy atom. The van der Waals surface area contributed by atoms with Crippen molar-refractivity contribution in [2.24, 2.45) is 0 Å². The Balaban J connectivity index is 1.67. The summed E-state index contributed by atoms with van der Waals surface area (Å²) in [5.74, 6) is 7.02. The van der Waals surface area contributed by atoms with Crippen LogP contribution in [0.4, 0.5) is 15.9 Å². The zero-order chi connectivity index (χ0) is 24.1. The summed E-state index contributed by atoms with van der Waals surface area (Å²) in [4.78, 5) is 19.9. The fourth-order valence-electron chi connectivity index (χ4n) is 3.22. The van der Waals surface area contributed by atoms with Gasteiger partial charge in [-0.05, 0) is 42.3 Å². The first kappa shape index (κ1) is 23.1. The van der Waals surface area contributed by atoms with Gasteiger partial charge in [-0.15, -0.1) is 0 Å². The summed E-state index contributed by atoms with van der Waals surface area (Å²) in [6.07, 6.45) is 2.00. The van der Waals surface area contributed by atoms with E-state index in [9.17, 15) is 9.18 Å². The number of halogens is 2. The van der Waals surface area contributed by atoms with E-state index in [1.165, 1.54) is 25.6 Å². The molecule has 1 N–H and O–H groups in total. The van der Waals surface area contributed by atoms with Crippen molar-refractivity contribution in [1.82, 2.24) is 9.97 Å². The maximum absolute atomic E-state index is 13.5. The highest BCUT2D eigenvalue weighted by atomic mass is 35.5. The van der Waals surface area contributed by atoms with Crippen molar-refractivity contribution in [2.45, 2.75) is 12.8 Å². The largest absolute Gasteiger partial charge is 0.496 e. The summed E-state index contributed by atoms with van der Waals surface area (Å²) in [6.45, 7) is 0. The zero-order valence-electron chi connectivity index (χ0n) is 18.3. The molecule has 4 rings (SSSR count). The topological polar surface area (TPSA) is 86.5 Å². The number of anilines is 2. The van der Waals surface area contributed by atoms with Gasteiger partial charge in [-0.25, -0.2) is 14.4 Å². The van der Waals surface area contributed by atoms with Crippen LogP contribution in [0.5, 0.6) is 5.75 Å². The summed E-state index contributed by atoms with van der Waals surface area (Å²) >= 11 is 5.90. The lowest BCUT2D eigenvalue weighted by Crippen LogP contribution is -1.98. The van der Waals surface area contributed by atoms with Gasteiger partial charge in [0.05, 0.1) is 36.7 Å². The van der Waals surface area contributed by atoms with Gasteiger partial charge in [-0.3, -0.25) is 4.79 Å². The molecule has 4 aromatic rings. The SMILES string of the molecule is COC(=O)CCC#Cc1ccc(-c2cc3c(Nc4ccc(F)c(Cl)c4)ncnc3cc2OC)o1. The van der Waals surface area contributed by atoms with Crippen LogP contribution in [0.25, 0.3) is 22.2 Å². The summed E-state index contributed by atoms with van der Waals surface area (Å²) in [6, 6.07) is 11.5. The number of hydrogen-bond acceptors (Lipinski definition) is 7. The monoisotopic (exact) mass is 479 g/mol. The van der Waals surface area contributed by atoms with Gasteiger partial charge in [0.1, 0.15) is 29.5 Å². The third kappa shape index (κ3) is 5.11. The second kappa shape index (κ2) is 10.2. The first-order chi connectivity index (χ1) is 16.5. The second-order valence-corrected chi connectivity index (χ2v) is 7.49. The number of methoxy groups -OCH3 is 2. The molecule has 0 saturated carbocycles. The van der Waals surface area contributed by atoms with Gasteiger partial charge in [-0.1, -0.05) is 17.5 Å². The lowest BCUT2D eigenvalue weighted by Gasteiger charge is -2.12. The molecule has 0 unspecified atom stereocenters. The molecule has 0 amide bonds. The number of benzene rings is 2. The quantitative estimate of drug-likeness (QED) is 0.279. The van der Waals surface area contributed by atoms with Crippen LogP contribution in [0.15, 0.2) is 53.2 Å². The Hall–Kier alpha value is -4.09. The van der Waals surface area contributed by atoms with E-state index in [2.05, 4.69) is 31.9 Å². The fourth-order valence-corrected chi connectivity index (χ4v) is 3.40. The molecular formula is C25H19ClFN3O4. The molecule has 2 heterocycles. The number of carbonyl (C=O) groups excluding carboxylic acids is 1. The molecule has 2 aromatic carbocycles. The normalized spacial score (nSPS) is 10.5. The van der Waals surface area contributed by atoms with Crippen LogP contribution in [-0.2, 0) is 9.53 Å². The number of hydrogen-bond donors (Lipinski definition) is 1. The summed E-state index contributed by atoms with van der Waals surface area (Å²) < 4.78 is 29.6. The van der Waals surface area contributed by atoms with E-state index >= 15 is 0 Å². The van der Waals surface area contributed by atoms with Gasteiger partial charge in [0.2, 0.25) is 0 Å². The van der Waals surface area contributed by atoms with Crippen molar-refractivity contribution in [3.63, 3.8) is 0 Å². The van der Waals surface area contributed by atoms with Crippen LogP contribution in [0.1, 0.15) is 18.6 Å². The van der Waals surface area contributed by atoms with Gasteiger partial charge in [0, 0.05) is 23.6 Å². The predicted molar refractivity (Wildman–Crippen MR) is 127 cm³/mol. The molecular weight excluding hydrogens is 461 g/mol. The van der Waals surface area contributed by atoms with E-state index in [1.807, 2.05) is 6.07 Å². The molecule has 0 bridgehead atoms. The molecule has 0 aliphatic heterocycles. The summed E-state index contributed by atoms with van der Waals surface area (Å²) in [5, 5.41) is 3.85. The average molecular weight is 480 g/mol. The molecule has 0 atom stereocenters. The number of fused-ring (bicyclic) bond motifs is 1. The first-order valence-electron chi connectivity index (χ1n) is 10.2. The number of ether oxygens (including phenoxy) is 2. The van der Waals surface area contributed by atoms with Crippen LogP contribution in [-0.4, -0.2) is 30.2 Å². The van der Waals surface area contributed by atoms with Crippen LogP contribution in [0.2, 0.25) is 5.02 Å². The fraction of sp³-hybridized carbons (Fsp3) is 0.160. The van der Waals surface area contributed by atoms with Crippen molar-refractivity contribution < 1.29 is 23.1 Å². The Morgan fingerprint density at radius 3 is 2.79 bits per heavy atom. The molecule has 0 aliphatic rings. The Morgan fingerprint density at radius 1 is 1.18 bits per heavy atom. The maximum Gasteiger partial charge on any atom is 0.306 e. The first-order valence-corrected chi connectivity index (χ1v) is 10.6. The van der Waals surface area contributed by atoms with E-state index in [4.69, 9.17) is 20.8 Å². The van der Waals surface area contributed by atoms with E-state index in [1.54, 1.807) is 31.4 Å². The van der Waals surface area contributed by atoms with E-state index in [0.717, 1.165) is 0 Å². The van der Waals surface area contributed by atoms with Gasteiger partial charge < -0.3 is 19.2 Å². The zero-order valence-corrected chi connectivity index (χ0v) is 19.1. The minimum Gasteiger partial charge on any atom is -0.496 e. The number of nitrogens with zero attached hydrogens (tertiary/aromatic N) is 2. The van der Waals surface area contributed by atoms with Crippen molar-refractivity contribution >= 4 is 40.0 Å². The number of rotatable bonds is 6. The minimum atomic E-state index is -0.506. The third-order valence-corrected chi connectivity index (χ3v) is 5.19. The highest BCUT2D eigenvalue weighted by Crippen LogP contribution is 2.37. The molecule has 0 saturated heterocycles. The lowest BCUT2D eigenvalue weighted by molar-refractivity contribution is -0.140. The molecule has 34 heavy (non-hydrogen) atoms. The number of furan rings is 1. The van der Waals surface area contributed by atoms with Crippen LogP contribution in [0, 0.1) is 17.7 Å². The standard InChI is InChI=1S/C25H19ClFN3O4/c1-32-23-13-21-17(25(29-14-28-21)30-15-7-9-20(27)19(26)11-15)12-18(23)22-10-8-16(34-22)5-3-4-6-24(31)33-2/h7-14H,4,6H2,1-2H3,(H,28,29,30). The molecule has 0 spiro atoms. The van der Waals surface area contributed by atoms with Crippen molar-refractivity contribution in [3.8, 4) is 28.9 Å². The molecule has 2 aromatic heterocycles. The van der Waals surface area contributed by atoms with E-state index in [0.29, 0.717) is 51.7 Å². The van der Waals surface area contributed by atoms with Gasteiger partial charge in [-0.2, -0.15) is 0 Å². The Kier molecular flexibility index (Phi) is 6.95. The van der Waals surface area contributed by atoms with Crippen molar-refractivity contribution in [2.75, 3.05) is 19.5 Å². The minimum absolute atomic E-state index is 0.00142. The molecule has 7 nitrogen and oxygen atoms in total. The lowest BCUT2D eigenvalue weighted by atomic mass is 10.1.